The number of aliphatic hydroxyl groups excluding tert-OH is 1. The largest absolute Gasteiger partial charge is 0.473 e. The molecular formula is C18H35N3O5SSi. The fraction of sp³-hybridized carbons (Fsp3) is 0.833. The van der Waals surface area contributed by atoms with Crippen LogP contribution in [0.4, 0.5) is 0 Å². The topological polar surface area (TPSA) is 93.9 Å². The summed E-state index contributed by atoms with van der Waals surface area (Å²) >= 11 is 0. The van der Waals surface area contributed by atoms with E-state index in [-0.39, 0.29) is 17.7 Å². The quantitative estimate of drug-likeness (QED) is 0.632. The maximum absolute atomic E-state index is 11.6. The molecule has 1 fully saturated rings. The zero-order valence-corrected chi connectivity index (χ0v) is 19.8. The molecule has 0 bridgehead atoms. The average molecular weight is 434 g/mol. The van der Waals surface area contributed by atoms with Crippen molar-refractivity contribution >= 4 is 18.3 Å². The van der Waals surface area contributed by atoms with E-state index in [1.807, 2.05) is 0 Å². The lowest BCUT2D eigenvalue weighted by Crippen LogP contribution is -2.41. The summed E-state index contributed by atoms with van der Waals surface area (Å²) in [6, 6.07) is 1.75. The SMILES string of the molecule is CC(C)(C)[Si](C)(C)OCCn1nc(OC2CCN(S(C)(=O)=O)CC2)cc1CO. The van der Waals surface area contributed by atoms with Gasteiger partial charge in [0.25, 0.3) is 0 Å². The van der Waals surface area contributed by atoms with E-state index < -0.39 is 18.3 Å². The zero-order valence-electron chi connectivity index (χ0n) is 17.9. The van der Waals surface area contributed by atoms with E-state index in [1.165, 1.54) is 10.6 Å². The van der Waals surface area contributed by atoms with Gasteiger partial charge in [-0.05, 0) is 31.0 Å². The molecule has 0 unspecified atom stereocenters. The van der Waals surface area contributed by atoms with Crippen LogP contribution in [0, 0.1) is 0 Å². The van der Waals surface area contributed by atoms with Crippen LogP contribution in [0.3, 0.4) is 0 Å². The van der Waals surface area contributed by atoms with Gasteiger partial charge in [-0.1, -0.05) is 20.8 Å². The van der Waals surface area contributed by atoms with Crippen LogP contribution in [-0.2, 0) is 27.6 Å². The van der Waals surface area contributed by atoms with Crippen molar-refractivity contribution in [1.82, 2.24) is 14.1 Å². The molecule has 8 nitrogen and oxygen atoms in total. The Morgan fingerprint density at radius 3 is 2.39 bits per heavy atom. The monoisotopic (exact) mass is 433 g/mol. The molecule has 0 radical (unpaired) electrons. The average Bonchev–Trinajstić information content (AvgIpc) is 2.95. The zero-order chi connectivity index (χ0) is 21.2. The molecule has 1 N–H and O–H groups in total. The molecule has 0 aliphatic carbocycles. The summed E-state index contributed by atoms with van der Waals surface area (Å²) in [6.07, 6.45) is 2.41. The molecule has 0 saturated carbocycles. The van der Waals surface area contributed by atoms with E-state index in [1.54, 1.807) is 10.7 Å². The molecule has 28 heavy (non-hydrogen) atoms. The molecule has 0 amide bonds. The molecule has 1 aliphatic heterocycles. The molecule has 1 saturated heterocycles. The number of aromatic nitrogens is 2. The number of piperidine rings is 1. The van der Waals surface area contributed by atoms with Gasteiger partial charge in [0, 0.05) is 19.2 Å². The molecule has 0 aromatic carbocycles. The van der Waals surface area contributed by atoms with E-state index in [4.69, 9.17) is 9.16 Å². The molecular weight excluding hydrogens is 398 g/mol. The van der Waals surface area contributed by atoms with Gasteiger partial charge in [-0.25, -0.2) is 12.7 Å². The number of sulfonamides is 1. The van der Waals surface area contributed by atoms with Crippen LogP contribution >= 0.6 is 0 Å². The third kappa shape index (κ3) is 6.03. The Morgan fingerprint density at radius 1 is 1.29 bits per heavy atom. The standard InChI is InChI=1S/C18H35N3O5SSi/c1-18(2,3)28(5,6)25-12-11-21-15(14-22)13-17(19-21)26-16-7-9-20(10-8-16)27(4,23)24/h13,16,22H,7-12,14H2,1-6H3. The van der Waals surface area contributed by atoms with E-state index in [9.17, 15) is 13.5 Å². The maximum atomic E-state index is 11.6. The molecule has 2 heterocycles. The number of ether oxygens (including phenoxy) is 1. The first-order chi connectivity index (χ1) is 12.8. The van der Waals surface area contributed by atoms with E-state index >= 15 is 0 Å². The Balaban J connectivity index is 1.92. The highest BCUT2D eigenvalue weighted by atomic mass is 32.2. The Bertz CT molecular complexity index is 750. The maximum Gasteiger partial charge on any atom is 0.233 e. The van der Waals surface area contributed by atoms with E-state index in [0.717, 1.165) is 0 Å². The summed E-state index contributed by atoms with van der Waals surface area (Å²) < 4.78 is 38.6. The van der Waals surface area contributed by atoms with Gasteiger partial charge in [-0.15, -0.1) is 5.10 Å². The van der Waals surface area contributed by atoms with Gasteiger partial charge in [0.1, 0.15) is 6.10 Å². The van der Waals surface area contributed by atoms with Crippen LogP contribution in [-0.4, -0.2) is 68.0 Å². The van der Waals surface area contributed by atoms with Gasteiger partial charge in [0.15, 0.2) is 8.32 Å². The predicted octanol–water partition coefficient (Wildman–Crippen LogP) is 2.20. The van der Waals surface area contributed by atoms with Crippen molar-refractivity contribution in [2.24, 2.45) is 0 Å². The van der Waals surface area contributed by atoms with Crippen molar-refractivity contribution < 1.29 is 22.7 Å². The van der Waals surface area contributed by atoms with Crippen LogP contribution < -0.4 is 4.74 Å². The van der Waals surface area contributed by atoms with Crippen LogP contribution in [0.2, 0.25) is 18.1 Å². The fourth-order valence-corrected chi connectivity index (χ4v) is 4.77. The van der Waals surface area contributed by atoms with Crippen LogP contribution in [0.25, 0.3) is 0 Å². The minimum Gasteiger partial charge on any atom is -0.473 e. The Hall–Kier alpha value is -0.943. The van der Waals surface area contributed by atoms with Crippen molar-refractivity contribution in [3.05, 3.63) is 11.8 Å². The summed E-state index contributed by atoms with van der Waals surface area (Å²) in [6.45, 7) is 12.9. The molecule has 0 atom stereocenters. The van der Waals surface area contributed by atoms with Crippen molar-refractivity contribution in [2.75, 3.05) is 26.0 Å². The lowest BCUT2D eigenvalue weighted by molar-refractivity contribution is 0.128. The molecule has 2 rings (SSSR count). The summed E-state index contributed by atoms with van der Waals surface area (Å²) in [5, 5.41) is 14.2. The minimum atomic E-state index is -3.15. The first kappa shape index (κ1) is 23.3. The molecule has 10 heteroatoms. The second-order valence-electron chi connectivity index (χ2n) is 8.94. The second-order valence-corrected chi connectivity index (χ2v) is 15.7. The first-order valence-corrected chi connectivity index (χ1v) is 14.5. The molecule has 0 spiro atoms. The third-order valence-electron chi connectivity index (χ3n) is 5.73. The predicted molar refractivity (Wildman–Crippen MR) is 111 cm³/mol. The number of rotatable bonds is 8. The summed E-state index contributed by atoms with van der Waals surface area (Å²) in [7, 11) is -4.97. The second kappa shape index (κ2) is 8.82. The molecule has 1 aliphatic rings. The van der Waals surface area contributed by atoms with E-state index in [2.05, 4.69) is 39.0 Å². The van der Waals surface area contributed by atoms with Crippen LogP contribution in [0.5, 0.6) is 5.88 Å². The normalized spacial score (nSPS) is 17.8. The number of aliphatic hydroxyl groups is 1. The highest BCUT2D eigenvalue weighted by Gasteiger charge is 2.37. The van der Waals surface area contributed by atoms with Gasteiger partial charge in [0.05, 0.1) is 31.7 Å². The van der Waals surface area contributed by atoms with Gasteiger partial charge in [-0.2, -0.15) is 0 Å². The number of hydrogen-bond acceptors (Lipinski definition) is 6. The van der Waals surface area contributed by atoms with E-state index in [0.29, 0.717) is 50.7 Å². The van der Waals surface area contributed by atoms with Gasteiger partial charge in [0.2, 0.25) is 15.9 Å². The first-order valence-electron chi connectivity index (χ1n) is 9.77. The minimum absolute atomic E-state index is 0.0728. The van der Waals surface area contributed by atoms with Gasteiger partial charge in [-0.3, -0.25) is 4.68 Å². The lowest BCUT2D eigenvalue weighted by Gasteiger charge is -2.36. The summed E-state index contributed by atoms with van der Waals surface area (Å²) in [5.41, 5.74) is 0.683. The molecule has 1 aromatic heterocycles. The Labute approximate surface area is 170 Å². The van der Waals surface area contributed by atoms with Crippen molar-refractivity contribution in [3.8, 4) is 5.88 Å². The van der Waals surface area contributed by atoms with Crippen LogP contribution in [0.15, 0.2) is 6.07 Å². The highest BCUT2D eigenvalue weighted by Crippen LogP contribution is 2.36. The van der Waals surface area contributed by atoms with Gasteiger partial charge < -0.3 is 14.3 Å². The fourth-order valence-electron chi connectivity index (χ4n) is 2.86. The van der Waals surface area contributed by atoms with Crippen LogP contribution in [0.1, 0.15) is 39.3 Å². The van der Waals surface area contributed by atoms with Gasteiger partial charge >= 0.3 is 0 Å². The van der Waals surface area contributed by atoms with Crippen molar-refractivity contribution in [1.29, 1.82) is 0 Å². The van der Waals surface area contributed by atoms with Crippen molar-refractivity contribution in [3.63, 3.8) is 0 Å². The summed E-state index contributed by atoms with van der Waals surface area (Å²) in [5.74, 6) is 0.467. The highest BCUT2D eigenvalue weighted by molar-refractivity contribution is 7.88. The third-order valence-corrected chi connectivity index (χ3v) is 11.6. The Morgan fingerprint density at radius 2 is 1.89 bits per heavy atom. The number of nitrogens with zero attached hydrogens (tertiary/aromatic N) is 3. The lowest BCUT2D eigenvalue weighted by atomic mass is 10.1. The van der Waals surface area contributed by atoms with Crippen molar-refractivity contribution in [2.45, 2.75) is 71.0 Å². The number of hydrogen-bond donors (Lipinski definition) is 1. The smallest absolute Gasteiger partial charge is 0.233 e. The molecule has 162 valence electrons. The molecule has 1 aromatic rings. The summed E-state index contributed by atoms with van der Waals surface area (Å²) in [4.78, 5) is 0. The Kier molecular flexibility index (Phi) is 7.35.